The zero-order chi connectivity index (χ0) is 9.30. The van der Waals surface area contributed by atoms with Crippen LogP contribution in [0.2, 0.25) is 0 Å². The topological polar surface area (TPSA) is 9.23 Å². The number of hydrogen-bond donors (Lipinski definition) is 0. The van der Waals surface area contributed by atoms with Crippen LogP contribution in [0.25, 0.3) is 0 Å². The van der Waals surface area contributed by atoms with Gasteiger partial charge in [0.15, 0.2) is 0 Å². The molecule has 0 aliphatic heterocycles. The van der Waals surface area contributed by atoms with Crippen LogP contribution in [-0.2, 0) is 0 Å². The third-order valence-corrected chi connectivity index (χ3v) is 3.86. The van der Waals surface area contributed by atoms with Crippen molar-refractivity contribution in [1.82, 2.24) is 0 Å². The van der Waals surface area contributed by atoms with Crippen molar-refractivity contribution in [2.45, 2.75) is 13.8 Å². The second-order valence-corrected chi connectivity index (χ2v) is 4.95. The molecule has 1 nitrogen and oxygen atoms in total. The molecule has 0 N–H and O–H groups in total. The molecule has 66 valence electrons. The van der Waals surface area contributed by atoms with Gasteiger partial charge in [0.2, 0.25) is 0 Å². The van der Waals surface area contributed by atoms with E-state index in [2.05, 4.69) is 65.1 Å². The lowest BCUT2D eigenvalue weighted by molar-refractivity contribution is 0.408. The van der Waals surface area contributed by atoms with Gasteiger partial charge in [0.25, 0.3) is 0 Å². The van der Waals surface area contributed by atoms with Gasteiger partial charge in [-0.15, -0.1) is 0 Å². The smallest absolute Gasteiger partial charge is 0.135 e. The molecule has 0 heterocycles. The SMILES string of the molecule is COc1c(I)cc(I)c(C)c1C. The maximum Gasteiger partial charge on any atom is 0.135 e. The first-order chi connectivity index (χ1) is 5.57. The standard InChI is InChI=1S/C9H10I2O/c1-5-6(2)9(12-3)8(11)4-7(5)10/h4H,1-3H3. The minimum absolute atomic E-state index is 1.01. The van der Waals surface area contributed by atoms with Gasteiger partial charge in [-0.2, -0.15) is 0 Å². The zero-order valence-electron chi connectivity index (χ0n) is 7.24. The predicted octanol–water partition coefficient (Wildman–Crippen LogP) is 3.52. The molecule has 0 saturated heterocycles. The Kier molecular flexibility index (Phi) is 3.63. The summed E-state index contributed by atoms with van der Waals surface area (Å²) < 4.78 is 7.78. The first-order valence-corrected chi connectivity index (χ1v) is 5.73. The lowest BCUT2D eigenvalue weighted by atomic mass is 10.1. The molecule has 0 aliphatic rings. The highest BCUT2D eigenvalue weighted by Gasteiger charge is 2.08. The second-order valence-electron chi connectivity index (χ2n) is 2.62. The summed E-state index contributed by atoms with van der Waals surface area (Å²) in [5.41, 5.74) is 2.56. The van der Waals surface area contributed by atoms with E-state index in [0.29, 0.717) is 0 Å². The highest BCUT2D eigenvalue weighted by molar-refractivity contribution is 14.1. The molecule has 0 saturated carbocycles. The van der Waals surface area contributed by atoms with Crippen molar-refractivity contribution in [1.29, 1.82) is 0 Å². The normalized spacial score (nSPS) is 10.1. The Morgan fingerprint density at radius 2 is 1.67 bits per heavy atom. The minimum atomic E-state index is 1.01. The molecule has 1 aromatic carbocycles. The molecular formula is C9H10I2O. The van der Waals surface area contributed by atoms with Crippen molar-refractivity contribution < 1.29 is 4.74 Å². The van der Waals surface area contributed by atoms with Gasteiger partial charge in [-0.3, -0.25) is 0 Å². The van der Waals surface area contributed by atoms with Crippen LogP contribution in [0, 0.1) is 21.0 Å². The van der Waals surface area contributed by atoms with Crippen molar-refractivity contribution in [3.8, 4) is 5.75 Å². The molecule has 1 aromatic rings. The maximum atomic E-state index is 5.30. The maximum absolute atomic E-state index is 5.30. The number of halogens is 2. The van der Waals surface area contributed by atoms with Gasteiger partial charge in [-0.25, -0.2) is 0 Å². The molecule has 0 bridgehead atoms. The number of ether oxygens (including phenoxy) is 1. The van der Waals surface area contributed by atoms with E-state index < -0.39 is 0 Å². The lowest BCUT2D eigenvalue weighted by Gasteiger charge is -2.11. The van der Waals surface area contributed by atoms with Gasteiger partial charge in [-0.1, -0.05) is 0 Å². The Bertz CT molecular complexity index is 308. The molecule has 1 rings (SSSR count). The quantitative estimate of drug-likeness (QED) is 0.670. The summed E-state index contributed by atoms with van der Waals surface area (Å²) >= 11 is 4.65. The van der Waals surface area contributed by atoms with E-state index in [1.165, 1.54) is 18.3 Å². The summed E-state index contributed by atoms with van der Waals surface area (Å²) in [6, 6.07) is 2.14. The predicted molar refractivity (Wildman–Crippen MR) is 67.9 cm³/mol. The molecule has 0 radical (unpaired) electrons. The summed E-state index contributed by atoms with van der Waals surface area (Å²) in [5.74, 6) is 1.01. The van der Waals surface area contributed by atoms with Crippen molar-refractivity contribution in [2.24, 2.45) is 0 Å². The van der Waals surface area contributed by atoms with Crippen LogP contribution < -0.4 is 4.74 Å². The molecule has 0 fully saturated rings. The molecule has 0 spiro atoms. The van der Waals surface area contributed by atoms with Gasteiger partial charge in [0, 0.05) is 3.57 Å². The van der Waals surface area contributed by atoms with Gasteiger partial charge in [0.05, 0.1) is 10.7 Å². The van der Waals surface area contributed by atoms with Gasteiger partial charge in [-0.05, 0) is 76.2 Å². The molecule has 0 amide bonds. The van der Waals surface area contributed by atoms with Gasteiger partial charge in [0.1, 0.15) is 5.75 Å². The summed E-state index contributed by atoms with van der Waals surface area (Å²) in [5, 5.41) is 0. The average molecular weight is 388 g/mol. The van der Waals surface area contributed by atoms with E-state index in [9.17, 15) is 0 Å². The van der Waals surface area contributed by atoms with Crippen LogP contribution in [-0.4, -0.2) is 7.11 Å². The Hall–Kier alpha value is 0.480. The van der Waals surface area contributed by atoms with Crippen LogP contribution in [0.5, 0.6) is 5.75 Å². The van der Waals surface area contributed by atoms with Gasteiger partial charge < -0.3 is 4.74 Å². The Morgan fingerprint density at radius 3 is 2.17 bits per heavy atom. The first-order valence-electron chi connectivity index (χ1n) is 3.57. The summed E-state index contributed by atoms with van der Waals surface area (Å²) in [6.07, 6.45) is 0. The van der Waals surface area contributed by atoms with Crippen molar-refractivity contribution in [3.63, 3.8) is 0 Å². The minimum Gasteiger partial charge on any atom is -0.495 e. The highest BCUT2D eigenvalue weighted by Crippen LogP contribution is 2.30. The highest BCUT2D eigenvalue weighted by atomic mass is 127. The number of hydrogen-bond acceptors (Lipinski definition) is 1. The molecule has 0 unspecified atom stereocenters. The van der Waals surface area contributed by atoms with Crippen LogP contribution >= 0.6 is 45.2 Å². The number of methoxy groups -OCH3 is 1. The Labute approximate surface area is 100 Å². The lowest BCUT2D eigenvalue weighted by Crippen LogP contribution is -1.95. The molecule has 12 heavy (non-hydrogen) atoms. The monoisotopic (exact) mass is 388 g/mol. The first kappa shape index (κ1) is 10.6. The van der Waals surface area contributed by atoms with Crippen molar-refractivity contribution >= 4 is 45.2 Å². The van der Waals surface area contributed by atoms with E-state index in [1.54, 1.807) is 7.11 Å². The Balaban J connectivity index is 3.40. The van der Waals surface area contributed by atoms with Crippen molar-refractivity contribution in [2.75, 3.05) is 7.11 Å². The van der Waals surface area contributed by atoms with Crippen LogP contribution in [0.4, 0.5) is 0 Å². The number of rotatable bonds is 1. The average Bonchev–Trinajstić information content (AvgIpc) is 2.01. The van der Waals surface area contributed by atoms with E-state index in [-0.39, 0.29) is 0 Å². The van der Waals surface area contributed by atoms with Crippen molar-refractivity contribution in [3.05, 3.63) is 24.3 Å². The fourth-order valence-electron chi connectivity index (χ4n) is 1.06. The Morgan fingerprint density at radius 1 is 1.08 bits per heavy atom. The second kappa shape index (κ2) is 4.13. The zero-order valence-corrected chi connectivity index (χ0v) is 11.6. The largest absolute Gasteiger partial charge is 0.495 e. The van der Waals surface area contributed by atoms with Crippen LogP contribution in [0.3, 0.4) is 0 Å². The van der Waals surface area contributed by atoms with E-state index in [1.807, 2.05) is 0 Å². The van der Waals surface area contributed by atoms with Gasteiger partial charge >= 0.3 is 0 Å². The summed E-state index contributed by atoms with van der Waals surface area (Å²) in [6.45, 7) is 4.22. The van der Waals surface area contributed by atoms with E-state index in [0.717, 1.165) is 5.75 Å². The van der Waals surface area contributed by atoms with E-state index in [4.69, 9.17) is 4.74 Å². The number of benzene rings is 1. The van der Waals surface area contributed by atoms with Crippen LogP contribution in [0.1, 0.15) is 11.1 Å². The third kappa shape index (κ3) is 1.86. The summed E-state index contributed by atoms with van der Waals surface area (Å²) in [7, 11) is 1.72. The van der Waals surface area contributed by atoms with E-state index >= 15 is 0 Å². The third-order valence-electron chi connectivity index (χ3n) is 1.94. The molecule has 0 atom stereocenters. The fraction of sp³-hybridized carbons (Fsp3) is 0.333. The fourth-order valence-corrected chi connectivity index (χ4v) is 3.31. The molecule has 3 heteroatoms. The molecular weight excluding hydrogens is 378 g/mol. The van der Waals surface area contributed by atoms with Crippen LogP contribution in [0.15, 0.2) is 6.07 Å². The summed E-state index contributed by atoms with van der Waals surface area (Å²) in [4.78, 5) is 0. The molecule has 0 aliphatic carbocycles. The molecule has 0 aromatic heterocycles.